The normalized spacial score (nSPS) is 17.1. The van der Waals surface area contributed by atoms with Gasteiger partial charge in [0.05, 0.1) is 11.9 Å². The molecule has 18 heavy (non-hydrogen) atoms. The lowest BCUT2D eigenvalue weighted by Crippen LogP contribution is -2.32. The molecule has 0 aromatic carbocycles. The fraction of sp³-hybridized carbons (Fsp3) is 0.429. The Morgan fingerprint density at radius 1 is 1.22 bits per heavy atom. The Morgan fingerprint density at radius 3 is 2.72 bits per heavy atom. The van der Waals surface area contributed by atoms with Crippen molar-refractivity contribution in [1.29, 1.82) is 0 Å². The van der Waals surface area contributed by atoms with Crippen molar-refractivity contribution < 1.29 is 0 Å². The molecule has 4 heteroatoms. The maximum absolute atomic E-state index is 4.30. The van der Waals surface area contributed by atoms with E-state index in [1.807, 2.05) is 24.8 Å². The Kier molecular flexibility index (Phi) is 3.00. The molecular weight excluding hydrogens is 224 g/mol. The number of aromatic amines is 1. The van der Waals surface area contributed by atoms with Gasteiger partial charge in [-0.1, -0.05) is 6.07 Å². The van der Waals surface area contributed by atoms with Gasteiger partial charge in [-0.2, -0.15) is 5.10 Å². The molecule has 1 aliphatic rings. The number of piperidine rings is 1. The van der Waals surface area contributed by atoms with Crippen LogP contribution in [0.1, 0.15) is 29.9 Å². The Morgan fingerprint density at radius 2 is 2.06 bits per heavy atom. The van der Waals surface area contributed by atoms with Gasteiger partial charge in [-0.3, -0.25) is 10.1 Å². The van der Waals surface area contributed by atoms with Crippen LogP contribution in [0.3, 0.4) is 0 Å². The van der Waals surface area contributed by atoms with Crippen LogP contribution in [0.25, 0.3) is 0 Å². The van der Waals surface area contributed by atoms with E-state index in [4.69, 9.17) is 0 Å². The Labute approximate surface area is 107 Å². The summed E-state index contributed by atoms with van der Waals surface area (Å²) in [4.78, 5) is 6.69. The van der Waals surface area contributed by atoms with E-state index < -0.39 is 0 Å². The average Bonchev–Trinajstić information content (AvgIpc) is 2.93. The zero-order valence-electron chi connectivity index (χ0n) is 10.6. The largest absolute Gasteiger partial charge is 0.369 e. The predicted molar refractivity (Wildman–Crippen MR) is 71.7 cm³/mol. The molecular formula is C14H18N4. The summed E-state index contributed by atoms with van der Waals surface area (Å²) < 4.78 is 0. The van der Waals surface area contributed by atoms with Crippen LogP contribution in [-0.2, 0) is 0 Å². The van der Waals surface area contributed by atoms with Crippen LogP contribution in [-0.4, -0.2) is 28.3 Å². The second-order valence-electron chi connectivity index (χ2n) is 5.01. The van der Waals surface area contributed by atoms with Gasteiger partial charge in [0.1, 0.15) is 0 Å². The van der Waals surface area contributed by atoms with E-state index >= 15 is 0 Å². The zero-order chi connectivity index (χ0) is 12.4. The average molecular weight is 242 g/mol. The van der Waals surface area contributed by atoms with Crippen molar-refractivity contribution in [2.45, 2.75) is 25.7 Å². The molecule has 0 radical (unpaired) electrons. The van der Waals surface area contributed by atoms with Gasteiger partial charge >= 0.3 is 0 Å². The van der Waals surface area contributed by atoms with Crippen molar-refractivity contribution in [2.24, 2.45) is 0 Å². The van der Waals surface area contributed by atoms with Crippen LogP contribution >= 0.6 is 0 Å². The standard InChI is InChI=1S/C14H18N4/c1-11-6-13(8-15-7-11)12-2-4-18(5-3-12)14-9-16-17-10-14/h6-10,12H,2-5H2,1H3,(H,16,17). The van der Waals surface area contributed by atoms with E-state index in [2.05, 4.69) is 33.1 Å². The summed E-state index contributed by atoms with van der Waals surface area (Å²) in [7, 11) is 0. The second kappa shape index (κ2) is 4.80. The molecule has 0 unspecified atom stereocenters. The van der Waals surface area contributed by atoms with E-state index in [0.29, 0.717) is 5.92 Å². The van der Waals surface area contributed by atoms with Crippen LogP contribution in [0, 0.1) is 6.92 Å². The van der Waals surface area contributed by atoms with E-state index in [9.17, 15) is 0 Å². The Balaban J connectivity index is 1.67. The number of nitrogens with one attached hydrogen (secondary N) is 1. The minimum atomic E-state index is 0.653. The smallest absolute Gasteiger partial charge is 0.0749 e. The molecule has 3 heterocycles. The van der Waals surface area contributed by atoms with E-state index in [-0.39, 0.29) is 0 Å². The topological polar surface area (TPSA) is 44.8 Å². The van der Waals surface area contributed by atoms with Crippen LogP contribution in [0.2, 0.25) is 0 Å². The molecule has 1 saturated heterocycles. The first kappa shape index (κ1) is 11.3. The SMILES string of the molecule is Cc1cncc(C2CCN(c3cn[nH]c3)CC2)c1. The highest BCUT2D eigenvalue weighted by Crippen LogP contribution is 2.29. The number of aryl methyl sites for hydroxylation is 1. The number of nitrogens with zero attached hydrogens (tertiary/aromatic N) is 3. The van der Waals surface area contributed by atoms with E-state index in [0.717, 1.165) is 13.1 Å². The predicted octanol–water partition coefficient (Wildman–Crippen LogP) is 2.50. The molecule has 0 saturated carbocycles. The van der Waals surface area contributed by atoms with Crippen LogP contribution < -0.4 is 4.90 Å². The third-order valence-corrected chi connectivity index (χ3v) is 3.71. The summed E-state index contributed by atoms with van der Waals surface area (Å²) >= 11 is 0. The van der Waals surface area contributed by atoms with Crippen molar-refractivity contribution in [3.05, 3.63) is 42.0 Å². The molecule has 4 nitrogen and oxygen atoms in total. The third kappa shape index (κ3) is 2.23. The number of hydrogen-bond acceptors (Lipinski definition) is 3. The maximum atomic E-state index is 4.30. The fourth-order valence-electron chi connectivity index (χ4n) is 2.69. The quantitative estimate of drug-likeness (QED) is 0.880. The Bertz CT molecular complexity index is 498. The van der Waals surface area contributed by atoms with Crippen LogP contribution in [0.4, 0.5) is 5.69 Å². The number of anilines is 1. The minimum absolute atomic E-state index is 0.653. The lowest BCUT2D eigenvalue weighted by Gasteiger charge is -2.32. The molecule has 2 aromatic rings. The lowest BCUT2D eigenvalue weighted by atomic mass is 9.90. The highest BCUT2D eigenvalue weighted by atomic mass is 15.2. The number of rotatable bonds is 2. The van der Waals surface area contributed by atoms with Crippen molar-refractivity contribution >= 4 is 5.69 Å². The highest BCUT2D eigenvalue weighted by molar-refractivity contribution is 5.42. The second-order valence-corrected chi connectivity index (χ2v) is 5.01. The molecule has 94 valence electrons. The van der Waals surface area contributed by atoms with Crippen LogP contribution in [0.5, 0.6) is 0 Å². The molecule has 1 N–H and O–H groups in total. The molecule has 3 rings (SSSR count). The summed E-state index contributed by atoms with van der Waals surface area (Å²) in [5.41, 5.74) is 3.85. The first-order valence-electron chi connectivity index (χ1n) is 6.48. The summed E-state index contributed by atoms with van der Waals surface area (Å²) in [6.07, 6.45) is 10.2. The van der Waals surface area contributed by atoms with Gasteiger partial charge in [0.2, 0.25) is 0 Å². The molecule has 1 fully saturated rings. The number of H-pyrrole nitrogens is 1. The van der Waals surface area contributed by atoms with Gasteiger partial charge in [0.25, 0.3) is 0 Å². The third-order valence-electron chi connectivity index (χ3n) is 3.71. The lowest BCUT2D eigenvalue weighted by molar-refractivity contribution is 0.504. The van der Waals surface area contributed by atoms with Gasteiger partial charge in [-0.05, 0) is 36.8 Å². The maximum Gasteiger partial charge on any atom is 0.0749 e. The Hall–Kier alpha value is -1.84. The zero-order valence-corrected chi connectivity index (χ0v) is 10.6. The van der Waals surface area contributed by atoms with Crippen molar-refractivity contribution in [1.82, 2.24) is 15.2 Å². The molecule has 0 spiro atoms. The molecule has 2 aromatic heterocycles. The first-order valence-corrected chi connectivity index (χ1v) is 6.48. The van der Waals surface area contributed by atoms with Gasteiger partial charge in [0.15, 0.2) is 0 Å². The van der Waals surface area contributed by atoms with Gasteiger partial charge in [-0.15, -0.1) is 0 Å². The van der Waals surface area contributed by atoms with Gasteiger partial charge in [-0.25, -0.2) is 0 Å². The van der Waals surface area contributed by atoms with Crippen molar-refractivity contribution in [3.8, 4) is 0 Å². The van der Waals surface area contributed by atoms with E-state index in [1.165, 1.54) is 29.7 Å². The number of pyridine rings is 1. The number of hydrogen-bond donors (Lipinski definition) is 1. The highest BCUT2D eigenvalue weighted by Gasteiger charge is 2.21. The van der Waals surface area contributed by atoms with Crippen LogP contribution in [0.15, 0.2) is 30.9 Å². The summed E-state index contributed by atoms with van der Waals surface area (Å²) in [6.45, 7) is 4.30. The molecule has 0 aliphatic carbocycles. The first-order chi connectivity index (χ1) is 8.83. The summed E-state index contributed by atoms with van der Waals surface area (Å²) in [5, 5.41) is 6.89. The fourth-order valence-corrected chi connectivity index (χ4v) is 2.69. The molecule has 1 aliphatic heterocycles. The van der Waals surface area contributed by atoms with Crippen molar-refractivity contribution in [2.75, 3.05) is 18.0 Å². The molecule has 0 bridgehead atoms. The summed E-state index contributed by atoms with van der Waals surface area (Å²) in [5.74, 6) is 0.653. The monoisotopic (exact) mass is 242 g/mol. The van der Waals surface area contributed by atoms with Gasteiger partial charge in [0, 0.05) is 31.7 Å². The van der Waals surface area contributed by atoms with Gasteiger partial charge < -0.3 is 4.90 Å². The minimum Gasteiger partial charge on any atom is -0.369 e. The van der Waals surface area contributed by atoms with Crippen molar-refractivity contribution in [3.63, 3.8) is 0 Å². The van der Waals surface area contributed by atoms with E-state index in [1.54, 1.807) is 0 Å². The summed E-state index contributed by atoms with van der Waals surface area (Å²) in [6, 6.07) is 2.27. The molecule has 0 atom stereocenters. The molecule has 0 amide bonds. The number of aromatic nitrogens is 3.